The van der Waals surface area contributed by atoms with Gasteiger partial charge in [0.05, 0.1) is 11.9 Å². The van der Waals surface area contributed by atoms with Crippen LogP contribution in [-0.4, -0.2) is 31.5 Å². The Labute approximate surface area is 151 Å². The van der Waals surface area contributed by atoms with E-state index in [1.54, 1.807) is 21.8 Å². The summed E-state index contributed by atoms with van der Waals surface area (Å²) < 4.78 is 3.40. The summed E-state index contributed by atoms with van der Waals surface area (Å²) in [6.07, 6.45) is 8.18. The molecule has 1 atom stereocenters. The van der Waals surface area contributed by atoms with Gasteiger partial charge in [0.1, 0.15) is 5.69 Å². The van der Waals surface area contributed by atoms with Crippen LogP contribution in [0.4, 0.5) is 5.69 Å². The zero-order valence-corrected chi connectivity index (χ0v) is 14.9. The van der Waals surface area contributed by atoms with Crippen LogP contribution in [0.15, 0.2) is 36.8 Å². The first kappa shape index (κ1) is 16.5. The zero-order chi connectivity index (χ0) is 18.3. The van der Waals surface area contributed by atoms with Crippen LogP contribution in [0, 0.1) is 0 Å². The first-order chi connectivity index (χ1) is 12.5. The van der Waals surface area contributed by atoms with Gasteiger partial charge in [-0.05, 0) is 42.5 Å². The minimum absolute atomic E-state index is 0.138. The quantitative estimate of drug-likeness (QED) is 0.755. The standard InChI is InChI=1S/C19H22N6O/c1-24-10-15(9-21-24)18-17(11-25(2)23-18)22-19(26)14-4-3-13-8-16(20)6-5-12(13)7-14/h3-4,7,9-11,16H,5-6,8,20H2,1-2H3,(H,22,26). The van der Waals surface area contributed by atoms with E-state index in [1.165, 1.54) is 11.1 Å². The lowest BCUT2D eigenvalue weighted by atomic mass is 9.87. The van der Waals surface area contributed by atoms with E-state index >= 15 is 0 Å². The molecule has 134 valence electrons. The largest absolute Gasteiger partial charge is 0.327 e. The molecular weight excluding hydrogens is 328 g/mol. The van der Waals surface area contributed by atoms with Gasteiger partial charge in [-0.25, -0.2) is 0 Å². The average molecular weight is 350 g/mol. The summed E-state index contributed by atoms with van der Waals surface area (Å²) in [4.78, 5) is 12.8. The fourth-order valence-corrected chi connectivity index (χ4v) is 3.46. The second-order valence-corrected chi connectivity index (χ2v) is 6.91. The maximum Gasteiger partial charge on any atom is 0.255 e. The highest BCUT2D eigenvalue weighted by molar-refractivity contribution is 6.06. The first-order valence-electron chi connectivity index (χ1n) is 8.71. The number of anilines is 1. The van der Waals surface area contributed by atoms with E-state index in [4.69, 9.17) is 5.73 Å². The van der Waals surface area contributed by atoms with Crippen molar-refractivity contribution in [3.05, 3.63) is 53.5 Å². The summed E-state index contributed by atoms with van der Waals surface area (Å²) in [7, 11) is 3.68. The van der Waals surface area contributed by atoms with E-state index in [0.717, 1.165) is 24.8 Å². The van der Waals surface area contributed by atoms with Crippen molar-refractivity contribution in [1.82, 2.24) is 19.6 Å². The minimum atomic E-state index is -0.138. The number of carbonyl (C=O) groups is 1. The van der Waals surface area contributed by atoms with Crippen molar-refractivity contribution in [2.75, 3.05) is 5.32 Å². The lowest BCUT2D eigenvalue weighted by Gasteiger charge is -2.21. The van der Waals surface area contributed by atoms with E-state index < -0.39 is 0 Å². The Morgan fingerprint density at radius 1 is 1.23 bits per heavy atom. The van der Waals surface area contributed by atoms with Crippen LogP contribution >= 0.6 is 0 Å². The van der Waals surface area contributed by atoms with E-state index in [1.807, 2.05) is 38.5 Å². The molecule has 4 rings (SSSR count). The van der Waals surface area contributed by atoms with Crippen molar-refractivity contribution in [2.24, 2.45) is 19.8 Å². The molecule has 0 saturated carbocycles. The van der Waals surface area contributed by atoms with Crippen molar-refractivity contribution in [1.29, 1.82) is 0 Å². The number of carbonyl (C=O) groups excluding carboxylic acids is 1. The molecule has 1 aliphatic rings. The molecule has 2 aromatic heterocycles. The van der Waals surface area contributed by atoms with Crippen LogP contribution in [0.3, 0.4) is 0 Å². The SMILES string of the molecule is Cn1cc(-c2nn(C)cc2NC(=O)c2ccc3c(c2)CCC(N)C3)cn1. The Morgan fingerprint density at radius 2 is 2.08 bits per heavy atom. The van der Waals surface area contributed by atoms with E-state index in [0.29, 0.717) is 16.9 Å². The van der Waals surface area contributed by atoms with Crippen molar-refractivity contribution in [3.8, 4) is 11.3 Å². The highest BCUT2D eigenvalue weighted by Crippen LogP contribution is 2.27. The third-order valence-electron chi connectivity index (χ3n) is 4.79. The lowest BCUT2D eigenvalue weighted by Crippen LogP contribution is -2.28. The van der Waals surface area contributed by atoms with Gasteiger partial charge in [0, 0.05) is 43.7 Å². The topological polar surface area (TPSA) is 90.8 Å². The molecule has 1 unspecified atom stereocenters. The number of rotatable bonds is 3. The average Bonchev–Trinajstić information content (AvgIpc) is 3.19. The summed E-state index contributed by atoms with van der Waals surface area (Å²) in [5.74, 6) is -0.138. The number of nitrogens with two attached hydrogens (primary N) is 1. The predicted molar refractivity (Wildman–Crippen MR) is 99.8 cm³/mol. The molecule has 1 aromatic carbocycles. The predicted octanol–water partition coefficient (Wildman–Crippen LogP) is 1.89. The van der Waals surface area contributed by atoms with Crippen molar-refractivity contribution in [3.63, 3.8) is 0 Å². The molecule has 7 heteroatoms. The van der Waals surface area contributed by atoms with E-state index in [9.17, 15) is 4.79 Å². The number of hydrogen-bond acceptors (Lipinski definition) is 4. The molecule has 1 aliphatic carbocycles. The van der Waals surface area contributed by atoms with Gasteiger partial charge >= 0.3 is 0 Å². The number of benzene rings is 1. The van der Waals surface area contributed by atoms with Crippen LogP contribution in [0.2, 0.25) is 0 Å². The van der Waals surface area contributed by atoms with Crippen LogP contribution in [-0.2, 0) is 26.9 Å². The van der Waals surface area contributed by atoms with Gasteiger partial charge in [-0.3, -0.25) is 14.2 Å². The molecule has 7 nitrogen and oxygen atoms in total. The Morgan fingerprint density at radius 3 is 2.85 bits per heavy atom. The third-order valence-corrected chi connectivity index (χ3v) is 4.79. The Bertz CT molecular complexity index is 970. The Balaban J connectivity index is 1.59. The third kappa shape index (κ3) is 3.13. The van der Waals surface area contributed by atoms with E-state index in [-0.39, 0.29) is 11.9 Å². The molecule has 0 bridgehead atoms. The summed E-state index contributed by atoms with van der Waals surface area (Å²) in [5.41, 5.74) is 11.4. The minimum Gasteiger partial charge on any atom is -0.327 e. The molecule has 0 radical (unpaired) electrons. The molecule has 0 fully saturated rings. The number of fused-ring (bicyclic) bond motifs is 1. The normalized spacial score (nSPS) is 16.3. The number of nitrogens with zero attached hydrogens (tertiary/aromatic N) is 4. The highest BCUT2D eigenvalue weighted by atomic mass is 16.1. The van der Waals surface area contributed by atoms with Gasteiger partial charge in [0.25, 0.3) is 5.91 Å². The maximum absolute atomic E-state index is 12.8. The molecule has 26 heavy (non-hydrogen) atoms. The number of hydrogen-bond donors (Lipinski definition) is 2. The number of aromatic nitrogens is 4. The molecule has 0 spiro atoms. The fraction of sp³-hybridized carbons (Fsp3) is 0.316. The highest BCUT2D eigenvalue weighted by Gasteiger charge is 2.19. The van der Waals surface area contributed by atoms with Crippen LogP contribution in [0.1, 0.15) is 27.9 Å². The molecule has 0 aliphatic heterocycles. The van der Waals surface area contributed by atoms with E-state index in [2.05, 4.69) is 15.5 Å². The molecular formula is C19H22N6O. The van der Waals surface area contributed by atoms with Gasteiger partial charge in [-0.15, -0.1) is 0 Å². The van der Waals surface area contributed by atoms with Crippen LogP contribution < -0.4 is 11.1 Å². The summed E-state index contributed by atoms with van der Waals surface area (Å²) in [6, 6.07) is 6.09. The van der Waals surface area contributed by atoms with Crippen LogP contribution in [0.25, 0.3) is 11.3 Å². The molecule has 0 saturated heterocycles. The smallest absolute Gasteiger partial charge is 0.255 e. The van der Waals surface area contributed by atoms with Crippen molar-refractivity contribution >= 4 is 11.6 Å². The zero-order valence-electron chi connectivity index (χ0n) is 14.9. The monoisotopic (exact) mass is 350 g/mol. The van der Waals surface area contributed by atoms with Crippen molar-refractivity contribution < 1.29 is 4.79 Å². The second kappa shape index (κ2) is 6.42. The maximum atomic E-state index is 12.8. The van der Waals surface area contributed by atoms with Crippen molar-refractivity contribution in [2.45, 2.75) is 25.3 Å². The Hall–Kier alpha value is -2.93. The molecule has 1 amide bonds. The number of amides is 1. The second-order valence-electron chi connectivity index (χ2n) is 6.91. The van der Waals surface area contributed by atoms with Gasteiger partial charge < -0.3 is 11.1 Å². The molecule has 3 N–H and O–H groups in total. The lowest BCUT2D eigenvalue weighted by molar-refractivity contribution is 0.102. The number of aryl methyl sites for hydroxylation is 3. The van der Waals surface area contributed by atoms with Crippen LogP contribution in [0.5, 0.6) is 0 Å². The summed E-state index contributed by atoms with van der Waals surface area (Å²) in [6.45, 7) is 0. The van der Waals surface area contributed by atoms with Gasteiger partial charge in [-0.2, -0.15) is 10.2 Å². The van der Waals surface area contributed by atoms with Gasteiger partial charge in [0.2, 0.25) is 0 Å². The molecule has 2 heterocycles. The summed E-state index contributed by atoms with van der Waals surface area (Å²) >= 11 is 0. The van der Waals surface area contributed by atoms with Gasteiger partial charge in [-0.1, -0.05) is 6.07 Å². The molecule has 3 aromatic rings. The summed E-state index contributed by atoms with van der Waals surface area (Å²) in [5, 5.41) is 11.6. The Kier molecular flexibility index (Phi) is 4.08. The number of nitrogens with one attached hydrogen (secondary N) is 1. The van der Waals surface area contributed by atoms with Gasteiger partial charge in [0.15, 0.2) is 0 Å². The first-order valence-corrected chi connectivity index (χ1v) is 8.71. The fourth-order valence-electron chi connectivity index (χ4n) is 3.46.